The summed E-state index contributed by atoms with van der Waals surface area (Å²) in [5.74, 6) is -1.11. The van der Waals surface area contributed by atoms with E-state index in [9.17, 15) is 14.7 Å². The number of hydrogen-bond donors (Lipinski definition) is 3. The first-order chi connectivity index (χ1) is 14.6. The third kappa shape index (κ3) is 19.9. The molecule has 0 rings (SSSR count). The second-order valence-electron chi connectivity index (χ2n) is 8.43. The molecule has 0 heterocycles. The summed E-state index contributed by atoms with van der Waals surface area (Å²) in [5, 5.41) is 11.8. The van der Waals surface area contributed by atoms with Crippen LogP contribution in [-0.4, -0.2) is 29.6 Å². The molecule has 1 amide bonds. The van der Waals surface area contributed by atoms with Crippen LogP contribution in [0, 0.1) is 0 Å². The normalized spacial score (nSPS) is 12.3. The molecule has 0 aliphatic rings. The number of carbonyl (C=O) groups is 2. The number of unbranched alkanes of at least 4 members (excludes halogenated alkanes) is 13. The van der Waals surface area contributed by atoms with E-state index >= 15 is 0 Å². The fourth-order valence-corrected chi connectivity index (χ4v) is 3.55. The second kappa shape index (κ2) is 22.3. The lowest BCUT2D eigenvalue weighted by Gasteiger charge is -2.14. The van der Waals surface area contributed by atoms with Crippen molar-refractivity contribution in [1.29, 1.82) is 0 Å². The molecule has 5 heteroatoms. The van der Waals surface area contributed by atoms with Crippen LogP contribution in [0.25, 0.3) is 0 Å². The predicted octanol–water partition coefficient (Wildman–Crippen LogP) is 6.11. The number of hydrogen-bond acceptors (Lipinski definition) is 3. The lowest BCUT2D eigenvalue weighted by Crippen LogP contribution is -2.40. The van der Waals surface area contributed by atoms with Gasteiger partial charge in [0, 0.05) is 6.42 Å². The summed E-state index contributed by atoms with van der Waals surface area (Å²) in [6.07, 6.45) is 24.4. The molecule has 1 atom stereocenters. The largest absolute Gasteiger partial charge is 0.480 e. The summed E-state index contributed by atoms with van der Waals surface area (Å²) < 4.78 is 0. The zero-order valence-electron chi connectivity index (χ0n) is 19.5. The van der Waals surface area contributed by atoms with Crippen LogP contribution >= 0.6 is 0 Å². The Balaban J connectivity index is 3.49. The number of carboxylic acids is 1. The van der Waals surface area contributed by atoms with Gasteiger partial charge in [0.15, 0.2) is 0 Å². The maximum atomic E-state index is 11.9. The van der Waals surface area contributed by atoms with Gasteiger partial charge in [-0.3, -0.25) is 4.79 Å². The topological polar surface area (TPSA) is 92.4 Å². The van der Waals surface area contributed by atoms with Gasteiger partial charge in [0.1, 0.15) is 6.04 Å². The van der Waals surface area contributed by atoms with Crippen molar-refractivity contribution >= 4 is 11.9 Å². The minimum absolute atomic E-state index is 0.150. The minimum Gasteiger partial charge on any atom is -0.480 e. The molecule has 176 valence electrons. The van der Waals surface area contributed by atoms with Crippen molar-refractivity contribution in [2.45, 2.75) is 129 Å². The predicted molar refractivity (Wildman–Crippen MR) is 127 cm³/mol. The molecule has 5 nitrogen and oxygen atoms in total. The fraction of sp³-hybridized carbons (Fsp3) is 0.840. The van der Waals surface area contributed by atoms with E-state index in [-0.39, 0.29) is 5.91 Å². The molecule has 0 aliphatic carbocycles. The lowest BCUT2D eigenvalue weighted by molar-refractivity contribution is -0.142. The number of rotatable bonds is 22. The maximum Gasteiger partial charge on any atom is 0.326 e. The maximum absolute atomic E-state index is 11.9. The summed E-state index contributed by atoms with van der Waals surface area (Å²) in [7, 11) is 0. The highest BCUT2D eigenvalue weighted by molar-refractivity contribution is 5.83. The van der Waals surface area contributed by atoms with Gasteiger partial charge in [-0.05, 0) is 57.9 Å². The SMILES string of the molecule is CCCCCCCCC/C=C\CCCCCCCC(=O)N[C@@H](CCCCN)C(=O)O. The van der Waals surface area contributed by atoms with Gasteiger partial charge >= 0.3 is 5.97 Å². The van der Waals surface area contributed by atoms with Crippen LogP contribution in [0.1, 0.15) is 122 Å². The summed E-state index contributed by atoms with van der Waals surface area (Å²) >= 11 is 0. The van der Waals surface area contributed by atoms with Crippen molar-refractivity contribution in [2.24, 2.45) is 5.73 Å². The number of allylic oxidation sites excluding steroid dienone is 2. The van der Waals surface area contributed by atoms with Crippen LogP contribution in [0.5, 0.6) is 0 Å². The number of nitrogens with two attached hydrogens (primary N) is 1. The van der Waals surface area contributed by atoms with Gasteiger partial charge < -0.3 is 16.2 Å². The van der Waals surface area contributed by atoms with Crippen molar-refractivity contribution in [3.8, 4) is 0 Å². The van der Waals surface area contributed by atoms with Gasteiger partial charge in [0.25, 0.3) is 0 Å². The molecule has 0 radical (unpaired) electrons. The first kappa shape index (κ1) is 28.6. The van der Waals surface area contributed by atoms with E-state index in [1.165, 1.54) is 64.2 Å². The van der Waals surface area contributed by atoms with Crippen LogP contribution in [0.15, 0.2) is 12.2 Å². The Hall–Kier alpha value is -1.36. The Morgan fingerprint density at radius 1 is 0.800 bits per heavy atom. The molecule has 0 unspecified atom stereocenters. The first-order valence-electron chi connectivity index (χ1n) is 12.5. The molecule has 0 fully saturated rings. The molecule has 0 saturated heterocycles. The van der Waals surface area contributed by atoms with Gasteiger partial charge in [-0.15, -0.1) is 0 Å². The zero-order valence-corrected chi connectivity index (χ0v) is 19.5. The summed E-state index contributed by atoms with van der Waals surface area (Å²) in [5.41, 5.74) is 5.43. The van der Waals surface area contributed by atoms with Crippen LogP contribution < -0.4 is 11.1 Å². The second-order valence-corrected chi connectivity index (χ2v) is 8.43. The number of carbonyl (C=O) groups excluding carboxylic acids is 1. The lowest BCUT2D eigenvalue weighted by atomic mass is 10.1. The Morgan fingerprint density at radius 2 is 1.33 bits per heavy atom. The van der Waals surface area contributed by atoms with Crippen molar-refractivity contribution in [1.82, 2.24) is 5.32 Å². The molecule has 0 aromatic rings. The Morgan fingerprint density at radius 3 is 1.87 bits per heavy atom. The van der Waals surface area contributed by atoms with Gasteiger partial charge in [0.05, 0.1) is 0 Å². The average molecular weight is 425 g/mol. The van der Waals surface area contributed by atoms with Crippen LogP contribution in [0.2, 0.25) is 0 Å². The van der Waals surface area contributed by atoms with Gasteiger partial charge in [-0.1, -0.05) is 76.9 Å². The van der Waals surface area contributed by atoms with Crippen molar-refractivity contribution in [2.75, 3.05) is 6.54 Å². The molecular weight excluding hydrogens is 376 g/mol. The highest BCUT2D eigenvalue weighted by Gasteiger charge is 2.18. The smallest absolute Gasteiger partial charge is 0.326 e. The van der Waals surface area contributed by atoms with E-state index in [4.69, 9.17) is 5.73 Å². The van der Waals surface area contributed by atoms with E-state index < -0.39 is 12.0 Å². The van der Waals surface area contributed by atoms with E-state index in [1.807, 2.05) is 0 Å². The highest BCUT2D eigenvalue weighted by atomic mass is 16.4. The Bertz CT molecular complexity index is 438. The van der Waals surface area contributed by atoms with Gasteiger partial charge in [-0.2, -0.15) is 0 Å². The summed E-state index contributed by atoms with van der Waals surface area (Å²) in [6.45, 7) is 2.81. The summed E-state index contributed by atoms with van der Waals surface area (Å²) in [4.78, 5) is 23.1. The van der Waals surface area contributed by atoms with Gasteiger partial charge in [0.2, 0.25) is 5.91 Å². The highest BCUT2D eigenvalue weighted by Crippen LogP contribution is 2.11. The number of nitrogens with one attached hydrogen (secondary N) is 1. The van der Waals surface area contributed by atoms with E-state index in [2.05, 4.69) is 24.4 Å². The van der Waals surface area contributed by atoms with Crippen LogP contribution in [-0.2, 0) is 9.59 Å². The molecule has 30 heavy (non-hydrogen) atoms. The zero-order chi connectivity index (χ0) is 22.3. The fourth-order valence-electron chi connectivity index (χ4n) is 3.55. The van der Waals surface area contributed by atoms with Crippen LogP contribution in [0.4, 0.5) is 0 Å². The van der Waals surface area contributed by atoms with Crippen molar-refractivity contribution in [3.05, 3.63) is 12.2 Å². The van der Waals surface area contributed by atoms with E-state index in [1.54, 1.807) is 0 Å². The van der Waals surface area contributed by atoms with Crippen molar-refractivity contribution < 1.29 is 14.7 Å². The minimum atomic E-state index is -0.958. The molecule has 0 saturated carbocycles. The molecular formula is C25H48N2O3. The number of carboxylic acid groups (broad SMARTS) is 1. The third-order valence-electron chi connectivity index (χ3n) is 5.50. The van der Waals surface area contributed by atoms with E-state index in [0.717, 1.165) is 38.5 Å². The van der Waals surface area contributed by atoms with Crippen molar-refractivity contribution in [3.63, 3.8) is 0 Å². The van der Waals surface area contributed by atoms with Crippen LogP contribution in [0.3, 0.4) is 0 Å². The quantitative estimate of drug-likeness (QED) is 0.144. The Kier molecular flexibility index (Phi) is 21.3. The number of aliphatic carboxylic acids is 1. The number of amides is 1. The van der Waals surface area contributed by atoms with Gasteiger partial charge in [-0.25, -0.2) is 4.79 Å². The summed E-state index contributed by atoms with van der Waals surface area (Å²) in [6, 6.07) is -0.781. The molecule has 0 spiro atoms. The molecule has 0 aromatic heterocycles. The van der Waals surface area contributed by atoms with E-state index in [0.29, 0.717) is 19.4 Å². The molecule has 0 bridgehead atoms. The molecule has 0 aromatic carbocycles. The standard InChI is InChI=1S/C25H48N2O3/c1-2-3-4-5-6-7-8-9-10-11-12-13-14-15-16-17-21-24(28)27-23(25(29)30)20-18-19-22-26/h10-11,23H,2-9,12-22,26H2,1H3,(H,27,28)(H,29,30)/b11-10-/t23-/m0/s1. The average Bonchev–Trinajstić information content (AvgIpc) is 2.72. The molecule has 4 N–H and O–H groups in total. The monoisotopic (exact) mass is 424 g/mol. The molecule has 0 aliphatic heterocycles. The Labute approximate surface area is 185 Å². The third-order valence-corrected chi connectivity index (χ3v) is 5.50. The first-order valence-corrected chi connectivity index (χ1v) is 12.5.